The summed E-state index contributed by atoms with van der Waals surface area (Å²) in [4.78, 5) is 12.2. The number of hydrogen-bond acceptors (Lipinski definition) is 6. The predicted molar refractivity (Wildman–Crippen MR) is 79.9 cm³/mol. The van der Waals surface area contributed by atoms with E-state index in [9.17, 15) is 4.79 Å². The van der Waals surface area contributed by atoms with Crippen molar-refractivity contribution in [3.8, 4) is 17.2 Å². The number of rotatable bonds is 6. The van der Waals surface area contributed by atoms with Crippen molar-refractivity contribution in [3.63, 3.8) is 0 Å². The van der Waals surface area contributed by atoms with Gasteiger partial charge < -0.3 is 18.6 Å². The number of hydrazone groups is 1. The maximum Gasteiger partial charge on any atom is 0.275 e. The van der Waals surface area contributed by atoms with Gasteiger partial charge >= 0.3 is 0 Å². The van der Waals surface area contributed by atoms with Gasteiger partial charge in [0.25, 0.3) is 5.91 Å². The number of nitrogens with zero attached hydrogens (tertiary/aromatic N) is 1. The maximum atomic E-state index is 12.2. The first kappa shape index (κ1) is 15.4. The lowest BCUT2D eigenvalue weighted by Crippen LogP contribution is -2.18. The van der Waals surface area contributed by atoms with Crippen LogP contribution >= 0.6 is 0 Å². The number of amides is 1. The Morgan fingerprint density at radius 1 is 1.14 bits per heavy atom. The van der Waals surface area contributed by atoms with Gasteiger partial charge in [0.1, 0.15) is 5.75 Å². The maximum absolute atomic E-state index is 12.2. The summed E-state index contributed by atoms with van der Waals surface area (Å²) in [6.07, 6.45) is 4.49. The molecule has 1 N–H and O–H groups in total. The fraction of sp³-hybridized carbons (Fsp3) is 0.200. The first-order valence-corrected chi connectivity index (χ1v) is 6.35. The number of hydrogen-bond donors (Lipinski definition) is 1. The summed E-state index contributed by atoms with van der Waals surface area (Å²) in [5, 5.41) is 3.85. The van der Waals surface area contributed by atoms with Gasteiger partial charge in [-0.25, -0.2) is 5.43 Å². The van der Waals surface area contributed by atoms with E-state index in [1.807, 2.05) is 0 Å². The van der Waals surface area contributed by atoms with Crippen molar-refractivity contribution in [2.75, 3.05) is 21.3 Å². The van der Waals surface area contributed by atoms with Crippen molar-refractivity contribution in [1.82, 2.24) is 5.43 Å². The Labute approximate surface area is 127 Å². The molecule has 0 atom stereocenters. The molecule has 0 radical (unpaired) electrons. The van der Waals surface area contributed by atoms with E-state index in [0.29, 0.717) is 17.2 Å². The van der Waals surface area contributed by atoms with Crippen LogP contribution in [0.15, 0.2) is 40.2 Å². The molecule has 0 saturated heterocycles. The van der Waals surface area contributed by atoms with Gasteiger partial charge in [-0.1, -0.05) is 0 Å². The minimum Gasteiger partial charge on any atom is -0.496 e. The molecule has 0 aliphatic heterocycles. The van der Waals surface area contributed by atoms with Gasteiger partial charge in [-0.3, -0.25) is 4.79 Å². The molecule has 0 bridgehead atoms. The van der Waals surface area contributed by atoms with Gasteiger partial charge in [-0.2, -0.15) is 5.10 Å². The number of carbonyl (C=O) groups is 1. The highest BCUT2D eigenvalue weighted by Crippen LogP contribution is 2.34. The van der Waals surface area contributed by atoms with Crippen LogP contribution in [0.25, 0.3) is 0 Å². The normalized spacial score (nSPS) is 10.5. The molecule has 0 aliphatic carbocycles. The van der Waals surface area contributed by atoms with Crippen LogP contribution in [0.5, 0.6) is 17.2 Å². The molecule has 0 saturated carbocycles. The van der Waals surface area contributed by atoms with E-state index in [4.69, 9.17) is 18.6 Å². The average Bonchev–Trinajstić information content (AvgIpc) is 3.06. The molecule has 7 heteroatoms. The minimum absolute atomic E-state index is 0.282. The van der Waals surface area contributed by atoms with Gasteiger partial charge in [0.05, 0.1) is 45.6 Å². The summed E-state index contributed by atoms with van der Waals surface area (Å²) >= 11 is 0. The number of carbonyl (C=O) groups excluding carboxylic acids is 1. The molecule has 1 amide bonds. The van der Waals surface area contributed by atoms with Gasteiger partial charge in [0.2, 0.25) is 0 Å². The topological polar surface area (TPSA) is 82.3 Å². The molecule has 7 nitrogen and oxygen atoms in total. The Kier molecular flexibility index (Phi) is 5.02. The first-order chi connectivity index (χ1) is 10.7. The third-order valence-corrected chi connectivity index (χ3v) is 2.87. The van der Waals surface area contributed by atoms with Crippen molar-refractivity contribution < 1.29 is 23.4 Å². The van der Waals surface area contributed by atoms with Gasteiger partial charge in [0, 0.05) is 17.7 Å². The molecular formula is C15H16N2O5. The second-order valence-electron chi connectivity index (χ2n) is 4.16. The quantitative estimate of drug-likeness (QED) is 0.652. The average molecular weight is 304 g/mol. The van der Waals surface area contributed by atoms with E-state index < -0.39 is 5.91 Å². The molecule has 2 aromatic rings. The van der Waals surface area contributed by atoms with Crippen molar-refractivity contribution >= 4 is 12.1 Å². The molecule has 0 spiro atoms. The summed E-state index contributed by atoms with van der Waals surface area (Å²) in [7, 11) is 4.46. The number of benzene rings is 1. The van der Waals surface area contributed by atoms with Crippen molar-refractivity contribution in [2.45, 2.75) is 0 Å². The zero-order valence-electron chi connectivity index (χ0n) is 12.5. The second kappa shape index (κ2) is 7.16. The van der Waals surface area contributed by atoms with E-state index in [0.717, 1.165) is 5.56 Å². The Bertz CT molecular complexity index is 665. The van der Waals surface area contributed by atoms with Crippen molar-refractivity contribution in [1.29, 1.82) is 0 Å². The Morgan fingerprint density at radius 3 is 2.41 bits per heavy atom. The van der Waals surface area contributed by atoms with Gasteiger partial charge in [-0.05, 0) is 6.07 Å². The molecule has 0 unspecified atom stereocenters. The van der Waals surface area contributed by atoms with Crippen LogP contribution < -0.4 is 19.6 Å². The number of nitrogens with one attached hydrogen (secondary N) is 1. The van der Waals surface area contributed by atoms with E-state index in [2.05, 4.69) is 10.5 Å². The molecule has 116 valence electrons. The third-order valence-electron chi connectivity index (χ3n) is 2.87. The lowest BCUT2D eigenvalue weighted by atomic mass is 10.1. The van der Waals surface area contributed by atoms with Crippen LogP contribution in [0.3, 0.4) is 0 Å². The second-order valence-corrected chi connectivity index (χ2v) is 4.16. The van der Waals surface area contributed by atoms with Crippen LogP contribution in [0.2, 0.25) is 0 Å². The minimum atomic E-state index is -0.433. The third kappa shape index (κ3) is 3.38. The summed E-state index contributed by atoms with van der Waals surface area (Å²) in [5.74, 6) is 0.816. The van der Waals surface area contributed by atoms with Crippen LogP contribution in [0.1, 0.15) is 15.9 Å². The van der Waals surface area contributed by atoms with E-state index in [1.165, 1.54) is 46.1 Å². The molecule has 2 rings (SSSR count). The van der Waals surface area contributed by atoms with E-state index in [1.54, 1.807) is 12.1 Å². The SMILES string of the molecule is COc1cc(OC)c(C(=O)N/N=C\c2ccoc2)cc1OC. The van der Waals surface area contributed by atoms with Crippen LogP contribution in [-0.4, -0.2) is 33.5 Å². The largest absolute Gasteiger partial charge is 0.496 e. The monoisotopic (exact) mass is 304 g/mol. The van der Waals surface area contributed by atoms with Crippen LogP contribution in [0, 0.1) is 0 Å². The van der Waals surface area contributed by atoms with E-state index in [-0.39, 0.29) is 5.56 Å². The smallest absolute Gasteiger partial charge is 0.275 e. The summed E-state index contributed by atoms with van der Waals surface area (Å²) in [6.45, 7) is 0. The van der Waals surface area contributed by atoms with Crippen LogP contribution in [0.4, 0.5) is 0 Å². The predicted octanol–water partition coefficient (Wildman–Crippen LogP) is 2.07. The standard InChI is InChI=1S/C15H16N2O5/c1-19-12-7-14(21-3)13(20-2)6-11(12)15(18)17-16-8-10-4-5-22-9-10/h4-9H,1-3H3,(H,17,18)/b16-8-. The number of furan rings is 1. The van der Waals surface area contributed by atoms with Crippen molar-refractivity contribution in [2.24, 2.45) is 5.10 Å². The molecular weight excluding hydrogens is 288 g/mol. The fourth-order valence-electron chi connectivity index (χ4n) is 1.78. The van der Waals surface area contributed by atoms with Gasteiger partial charge in [-0.15, -0.1) is 0 Å². The molecule has 1 heterocycles. The molecule has 1 aromatic carbocycles. The summed E-state index contributed by atoms with van der Waals surface area (Å²) in [6, 6.07) is 4.82. The Hall–Kier alpha value is -2.96. The molecule has 0 fully saturated rings. The highest BCUT2D eigenvalue weighted by atomic mass is 16.5. The Balaban J connectivity index is 2.20. The molecule has 0 aliphatic rings. The van der Waals surface area contributed by atoms with Gasteiger partial charge in [0.15, 0.2) is 11.5 Å². The first-order valence-electron chi connectivity index (χ1n) is 6.35. The van der Waals surface area contributed by atoms with E-state index >= 15 is 0 Å². The highest BCUT2D eigenvalue weighted by molar-refractivity contribution is 5.98. The zero-order chi connectivity index (χ0) is 15.9. The van der Waals surface area contributed by atoms with Crippen molar-refractivity contribution in [3.05, 3.63) is 41.9 Å². The molecule has 1 aromatic heterocycles. The summed E-state index contributed by atoms with van der Waals surface area (Å²) < 4.78 is 20.4. The lowest BCUT2D eigenvalue weighted by molar-refractivity contribution is 0.0951. The van der Waals surface area contributed by atoms with Crippen LogP contribution in [-0.2, 0) is 0 Å². The highest BCUT2D eigenvalue weighted by Gasteiger charge is 2.17. The number of ether oxygens (including phenoxy) is 3. The molecule has 22 heavy (non-hydrogen) atoms. The fourth-order valence-corrected chi connectivity index (χ4v) is 1.78. The lowest BCUT2D eigenvalue weighted by Gasteiger charge is -2.12. The number of methoxy groups -OCH3 is 3. The Morgan fingerprint density at radius 2 is 1.82 bits per heavy atom. The summed E-state index contributed by atoms with van der Waals surface area (Å²) in [5.41, 5.74) is 3.43. The zero-order valence-corrected chi connectivity index (χ0v) is 12.5.